The van der Waals surface area contributed by atoms with Gasteiger partial charge in [-0.3, -0.25) is 4.79 Å². The number of thiol groups is 1. The van der Waals surface area contributed by atoms with Gasteiger partial charge in [0, 0.05) is 5.25 Å². The maximum absolute atomic E-state index is 10.6. The fourth-order valence-corrected chi connectivity index (χ4v) is 1.42. The number of aliphatic carboxylic acids is 1. The van der Waals surface area contributed by atoms with Crippen LogP contribution in [0.15, 0.2) is 0 Å². The summed E-state index contributed by atoms with van der Waals surface area (Å²) in [6.07, 6.45) is 0.825. The summed E-state index contributed by atoms with van der Waals surface area (Å²) in [7, 11) is 0. The highest BCUT2D eigenvalue weighted by molar-refractivity contribution is 7.81. The highest BCUT2D eigenvalue weighted by Crippen LogP contribution is 2.24. The number of rotatable bonds is 1. The van der Waals surface area contributed by atoms with Gasteiger partial charge in [0.15, 0.2) is 0 Å². The molecule has 0 spiro atoms. The summed E-state index contributed by atoms with van der Waals surface area (Å²) in [6, 6.07) is 0. The quantitative estimate of drug-likeness (QED) is 0.479. The van der Waals surface area contributed by atoms with Gasteiger partial charge in [0.2, 0.25) is 0 Å². The van der Waals surface area contributed by atoms with Crippen molar-refractivity contribution in [2.24, 2.45) is 0 Å². The second-order valence-electron chi connectivity index (χ2n) is 2.74. The lowest BCUT2D eigenvalue weighted by Crippen LogP contribution is -2.50. The van der Waals surface area contributed by atoms with E-state index in [-0.39, 0.29) is 5.25 Å². The molecule has 3 nitrogen and oxygen atoms in total. The molecule has 1 aliphatic rings. The van der Waals surface area contributed by atoms with E-state index in [1.807, 2.05) is 0 Å². The van der Waals surface area contributed by atoms with Gasteiger partial charge in [-0.1, -0.05) is 0 Å². The van der Waals surface area contributed by atoms with E-state index in [0.29, 0.717) is 0 Å². The van der Waals surface area contributed by atoms with Crippen LogP contribution in [-0.2, 0) is 4.79 Å². The Morgan fingerprint density at radius 2 is 2.50 bits per heavy atom. The molecule has 1 aliphatic heterocycles. The van der Waals surface area contributed by atoms with Crippen LogP contribution >= 0.6 is 12.6 Å². The van der Waals surface area contributed by atoms with E-state index in [0.717, 1.165) is 13.0 Å². The molecular weight excluding hydrogens is 150 g/mol. The number of nitrogens with one attached hydrogen (secondary N) is 1. The van der Waals surface area contributed by atoms with Crippen LogP contribution in [0.3, 0.4) is 0 Å². The number of carboxylic acid groups (broad SMARTS) is 1. The molecule has 0 aromatic rings. The van der Waals surface area contributed by atoms with Crippen molar-refractivity contribution >= 4 is 18.6 Å². The van der Waals surface area contributed by atoms with Gasteiger partial charge in [-0.15, -0.1) is 0 Å². The van der Waals surface area contributed by atoms with Crippen LogP contribution in [0.1, 0.15) is 13.3 Å². The van der Waals surface area contributed by atoms with E-state index in [2.05, 4.69) is 17.9 Å². The van der Waals surface area contributed by atoms with E-state index in [4.69, 9.17) is 5.11 Å². The lowest BCUT2D eigenvalue weighted by Gasteiger charge is -2.22. The first-order valence-electron chi connectivity index (χ1n) is 3.24. The van der Waals surface area contributed by atoms with Crippen molar-refractivity contribution < 1.29 is 9.90 Å². The minimum atomic E-state index is -0.816. The Labute approximate surface area is 65.2 Å². The first-order chi connectivity index (χ1) is 4.57. The normalized spacial score (nSPS) is 40.0. The molecule has 2 N–H and O–H groups in total. The minimum Gasteiger partial charge on any atom is -0.480 e. The third-order valence-electron chi connectivity index (χ3n) is 2.02. The summed E-state index contributed by atoms with van der Waals surface area (Å²) in [6.45, 7) is 2.41. The third kappa shape index (κ3) is 1.01. The van der Waals surface area contributed by atoms with Gasteiger partial charge in [-0.05, 0) is 19.9 Å². The zero-order valence-corrected chi connectivity index (χ0v) is 6.69. The Morgan fingerprint density at radius 3 is 2.70 bits per heavy atom. The van der Waals surface area contributed by atoms with Crippen molar-refractivity contribution in [2.45, 2.75) is 24.1 Å². The number of carboxylic acids is 1. The van der Waals surface area contributed by atoms with Crippen LogP contribution in [0.4, 0.5) is 0 Å². The smallest absolute Gasteiger partial charge is 0.324 e. The predicted octanol–water partition coefficient (Wildman–Crippen LogP) is 0.121. The average molecular weight is 161 g/mol. The monoisotopic (exact) mass is 161 g/mol. The van der Waals surface area contributed by atoms with Gasteiger partial charge in [-0.25, -0.2) is 0 Å². The second kappa shape index (κ2) is 2.43. The minimum absolute atomic E-state index is 0.0648. The Hall–Kier alpha value is -0.220. The molecule has 1 rings (SSSR count). The summed E-state index contributed by atoms with van der Waals surface area (Å²) in [4.78, 5) is 10.6. The van der Waals surface area contributed by atoms with Gasteiger partial charge in [0.25, 0.3) is 0 Å². The topological polar surface area (TPSA) is 49.3 Å². The molecule has 0 saturated carbocycles. The predicted molar refractivity (Wildman–Crippen MR) is 41.4 cm³/mol. The fraction of sp³-hybridized carbons (Fsp3) is 0.833. The maximum atomic E-state index is 10.6. The standard InChI is InChI=1S/C6H11NO2S/c1-6(5(8)9)4(10)2-3-7-6/h4,7,10H,2-3H2,1H3,(H,8,9)/t4?,6-/m0/s1. The summed E-state index contributed by atoms with van der Waals surface area (Å²) in [5, 5.41) is 11.6. The summed E-state index contributed by atoms with van der Waals surface area (Å²) in [5.74, 6) is -0.815. The van der Waals surface area contributed by atoms with Crippen molar-refractivity contribution in [3.63, 3.8) is 0 Å². The Balaban J connectivity index is 2.75. The lowest BCUT2D eigenvalue weighted by molar-refractivity contribution is -0.143. The Bertz CT molecular complexity index is 162. The van der Waals surface area contributed by atoms with Gasteiger partial charge in [0.05, 0.1) is 0 Å². The van der Waals surface area contributed by atoms with E-state index < -0.39 is 11.5 Å². The number of carbonyl (C=O) groups is 1. The van der Waals surface area contributed by atoms with Crippen molar-refractivity contribution in [1.82, 2.24) is 5.32 Å². The van der Waals surface area contributed by atoms with Crippen LogP contribution in [0.25, 0.3) is 0 Å². The largest absolute Gasteiger partial charge is 0.480 e. The molecule has 2 atom stereocenters. The molecule has 0 bridgehead atoms. The highest BCUT2D eigenvalue weighted by atomic mass is 32.1. The Kier molecular flexibility index (Phi) is 1.92. The van der Waals surface area contributed by atoms with E-state index in [9.17, 15) is 4.79 Å². The summed E-state index contributed by atoms with van der Waals surface area (Å²) < 4.78 is 0. The van der Waals surface area contributed by atoms with Gasteiger partial charge >= 0.3 is 5.97 Å². The summed E-state index contributed by atoms with van der Waals surface area (Å²) >= 11 is 4.17. The lowest BCUT2D eigenvalue weighted by atomic mass is 10.0. The average Bonchev–Trinajstić information content (AvgIpc) is 2.15. The highest BCUT2D eigenvalue weighted by Gasteiger charge is 2.42. The first-order valence-corrected chi connectivity index (χ1v) is 3.75. The molecule has 1 heterocycles. The van der Waals surface area contributed by atoms with Crippen LogP contribution in [0.5, 0.6) is 0 Å². The van der Waals surface area contributed by atoms with Crippen molar-refractivity contribution in [1.29, 1.82) is 0 Å². The number of hydrogen-bond donors (Lipinski definition) is 3. The van der Waals surface area contributed by atoms with E-state index >= 15 is 0 Å². The van der Waals surface area contributed by atoms with Crippen LogP contribution in [0.2, 0.25) is 0 Å². The zero-order chi connectivity index (χ0) is 7.78. The molecular formula is C6H11NO2S. The van der Waals surface area contributed by atoms with Gasteiger partial charge < -0.3 is 10.4 Å². The number of hydrogen-bond acceptors (Lipinski definition) is 3. The first kappa shape index (κ1) is 7.88. The molecule has 10 heavy (non-hydrogen) atoms. The molecule has 1 unspecified atom stereocenters. The molecule has 0 radical (unpaired) electrons. The molecule has 0 aromatic carbocycles. The molecule has 58 valence electrons. The van der Waals surface area contributed by atoms with E-state index in [1.165, 1.54) is 0 Å². The van der Waals surface area contributed by atoms with E-state index in [1.54, 1.807) is 6.92 Å². The molecule has 0 amide bonds. The van der Waals surface area contributed by atoms with Crippen LogP contribution in [-0.4, -0.2) is 28.4 Å². The van der Waals surface area contributed by atoms with Gasteiger partial charge in [0.1, 0.15) is 5.54 Å². The molecule has 0 aromatic heterocycles. The van der Waals surface area contributed by atoms with Crippen molar-refractivity contribution in [3.8, 4) is 0 Å². The molecule has 1 saturated heterocycles. The van der Waals surface area contributed by atoms with Crippen molar-refractivity contribution in [3.05, 3.63) is 0 Å². The summed E-state index contributed by atoms with van der Waals surface area (Å²) in [5.41, 5.74) is -0.816. The van der Waals surface area contributed by atoms with Crippen molar-refractivity contribution in [2.75, 3.05) is 6.54 Å². The maximum Gasteiger partial charge on any atom is 0.324 e. The van der Waals surface area contributed by atoms with Gasteiger partial charge in [-0.2, -0.15) is 12.6 Å². The van der Waals surface area contributed by atoms with Crippen LogP contribution < -0.4 is 5.32 Å². The Morgan fingerprint density at radius 1 is 1.90 bits per heavy atom. The second-order valence-corrected chi connectivity index (χ2v) is 3.36. The fourth-order valence-electron chi connectivity index (χ4n) is 1.09. The zero-order valence-electron chi connectivity index (χ0n) is 5.79. The third-order valence-corrected chi connectivity index (χ3v) is 2.80. The molecule has 4 heteroatoms. The SMILES string of the molecule is C[C@]1(C(=O)O)NCCC1S. The molecule has 1 fully saturated rings. The molecule has 0 aliphatic carbocycles. The van der Waals surface area contributed by atoms with Crippen LogP contribution in [0, 0.1) is 0 Å².